The molecule has 0 aliphatic rings. The van der Waals surface area contributed by atoms with Crippen molar-refractivity contribution in [2.75, 3.05) is 5.32 Å². The minimum atomic E-state index is -1.00. The Balaban J connectivity index is 2.09. The van der Waals surface area contributed by atoms with Crippen molar-refractivity contribution in [3.05, 3.63) is 46.7 Å². The van der Waals surface area contributed by atoms with E-state index in [9.17, 15) is 14.0 Å². The van der Waals surface area contributed by atoms with Crippen molar-refractivity contribution in [3.63, 3.8) is 0 Å². The second-order valence-electron chi connectivity index (χ2n) is 3.65. The molecule has 0 unspecified atom stereocenters. The van der Waals surface area contributed by atoms with Crippen LogP contribution >= 0.6 is 11.3 Å². The highest BCUT2D eigenvalue weighted by molar-refractivity contribution is 7.14. The van der Waals surface area contributed by atoms with Gasteiger partial charge in [0.2, 0.25) is 0 Å². The van der Waals surface area contributed by atoms with Crippen molar-refractivity contribution in [2.24, 2.45) is 0 Å². The van der Waals surface area contributed by atoms with Gasteiger partial charge in [0.25, 0.3) is 5.91 Å². The van der Waals surface area contributed by atoms with Crippen molar-refractivity contribution in [1.29, 1.82) is 0 Å². The molecule has 0 saturated carbocycles. The first-order chi connectivity index (χ1) is 9.06. The molecule has 2 rings (SSSR count). The number of nitrogens with zero attached hydrogens (tertiary/aromatic N) is 1. The Morgan fingerprint density at radius 1 is 1.37 bits per heavy atom. The summed E-state index contributed by atoms with van der Waals surface area (Å²) in [5, 5.41) is 12.8. The summed E-state index contributed by atoms with van der Waals surface area (Å²) in [6, 6.07) is 5.58. The molecule has 1 heterocycles. The third-order valence-corrected chi connectivity index (χ3v) is 3.03. The number of carbonyl (C=O) groups excluding carboxylic acids is 1. The number of aliphatic carboxylic acids is 1. The summed E-state index contributed by atoms with van der Waals surface area (Å²) in [5.74, 6) is -2.24. The van der Waals surface area contributed by atoms with Gasteiger partial charge in [-0.1, -0.05) is 12.1 Å². The summed E-state index contributed by atoms with van der Waals surface area (Å²) in [7, 11) is 0. The fourth-order valence-corrected chi connectivity index (χ4v) is 2.12. The second-order valence-corrected chi connectivity index (χ2v) is 4.51. The van der Waals surface area contributed by atoms with Crippen molar-refractivity contribution in [1.82, 2.24) is 4.98 Å². The normalized spacial score (nSPS) is 10.2. The quantitative estimate of drug-likeness (QED) is 0.899. The number of thiazole rings is 1. The third-order valence-electron chi connectivity index (χ3n) is 2.22. The van der Waals surface area contributed by atoms with Gasteiger partial charge in [-0.2, -0.15) is 0 Å². The molecule has 0 aliphatic heterocycles. The van der Waals surface area contributed by atoms with E-state index < -0.39 is 17.7 Å². The van der Waals surface area contributed by atoms with E-state index in [0.29, 0.717) is 5.69 Å². The van der Waals surface area contributed by atoms with Crippen LogP contribution in [0.25, 0.3) is 0 Å². The predicted molar refractivity (Wildman–Crippen MR) is 67.8 cm³/mol. The van der Waals surface area contributed by atoms with Crippen LogP contribution in [0.3, 0.4) is 0 Å². The number of hydrogen-bond donors (Lipinski definition) is 2. The molecule has 0 fully saturated rings. The predicted octanol–water partition coefficient (Wildman–Crippen LogP) is 2.16. The van der Waals surface area contributed by atoms with Gasteiger partial charge in [-0.25, -0.2) is 9.37 Å². The first-order valence-electron chi connectivity index (χ1n) is 5.28. The van der Waals surface area contributed by atoms with Crippen LogP contribution in [-0.2, 0) is 11.2 Å². The monoisotopic (exact) mass is 280 g/mol. The Hall–Kier alpha value is -2.28. The van der Waals surface area contributed by atoms with E-state index in [-0.39, 0.29) is 17.1 Å². The molecule has 0 bridgehead atoms. The van der Waals surface area contributed by atoms with Crippen molar-refractivity contribution in [2.45, 2.75) is 6.42 Å². The Bertz CT molecular complexity index is 627. The van der Waals surface area contributed by atoms with E-state index in [2.05, 4.69) is 10.3 Å². The Labute approximate surface area is 111 Å². The lowest BCUT2D eigenvalue weighted by Gasteiger charge is -2.02. The topological polar surface area (TPSA) is 79.3 Å². The van der Waals surface area contributed by atoms with E-state index in [4.69, 9.17) is 5.11 Å². The van der Waals surface area contributed by atoms with Crippen LogP contribution in [0.4, 0.5) is 9.52 Å². The van der Waals surface area contributed by atoms with E-state index in [1.165, 1.54) is 23.6 Å². The van der Waals surface area contributed by atoms with Gasteiger partial charge in [-0.15, -0.1) is 11.3 Å². The minimum Gasteiger partial charge on any atom is -0.481 e. The lowest BCUT2D eigenvalue weighted by Crippen LogP contribution is -2.13. The number of benzene rings is 1. The molecule has 1 amide bonds. The van der Waals surface area contributed by atoms with Gasteiger partial charge in [0.1, 0.15) is 5.82 Å². The zero-order chi connectivity index (χ0) is 13.8. The van der Waals surface area contributed by atoms with Crippen LogP contribution in [0.1, 0.15) is 16.1 Å². The molecule has 0 saturated heterocycles. The zero-order valence-corrected chi connectivity index (χ0v) is 10.4. The number of nitrogens with one attached hydrogen (secondary N) is 1. The molecule has 0 atom stereocenters. The molecule has 0 radical (unpaired) electrons. The second kappa shape index (κ2) is 5.57. The number of amides is 1. The average molecular weight is 280 g/mol. The molecule has 2 N–H and O–H groups in total. The smallest absolute Gasteiger partial charge is 0.309 e. The summed E-state index contributed by atoms with van der Waals surface area (Å²) >= 11 is 1.09. The summed E-state index contributed by atoms with van der Waals surface area (Å²) in [4.78, 5) is 26.2. The zero-order valence-electron chi connectivity index (χ0n) is 9.59. The number of aromatic nitrogens is 1. The highest BCUT2D eigenvalue weighted by Gasteiger charge is 2.13. The van der Waals surface area contributed by atoms with Crippen LogP contribution in [0, 0.1) is 5.82 Å². The van der Waals surface area contributed by atoms with E-state index in [1.807, 2.05) is 0 Å². The minimum absolute atomic E-state index is 0.0857. The lowest BCUT2D eigenvalue weighted by atomic mass is 10.2. The van der Waals surface area contributed by atoms with Gasteiger partial charge in [0, 0.05) is 5.38 Å². The SMILES string of the molecule is O=C(O)Cc1csc(NC(=O)c2ccccc2F)n1. The molecular weight excluding hydrogens is 271 g/mol. The fraction of sp³-hybridized carbons (Fsp3) is 0.0833. The largest absolute Gasteiger partial charge is 0.481 e. The van der Waals surface area contributed by atoms with Crippen LogP contribution in [0.5, 0.6) is 0 Å². The first-order valence-corrected chi connectivity index (χ1v) is 6.16. The number of carbonyl (C=O) groups is 2. The number of carboxylic acid groups (broad SMARTS) is 1. The number of carboxylic acids is 1. The molecule has 2 aromatic rings. The van der Waals surface area contributed by atoms with Gasteiger partial charge in [0.15, 0.2) is 5.13 Å². The summed E-state index contributed by atoms with van der Waals surface area (Å²) in [6.45, 7) is 0. The fourth-order valence-electron chi connectivity index (χ4n) is 1.41. The summed E-state index contributed by atoms with van der Waals surface area (Å²) < 4.78 is 13.4. The van der Waals surface area contributed by atoms with Crippen LogP contribution < -0.4 is 5.32 Å². The highest BCUT2D eigenvalue weighted by Crippen LogP contribution is 2.17. The van der Waals surface area contributed by atoms with E-state index in [0.717, 1.165) is 11.3 Å². The van der Waals surface area contributed by atoms with Crippen LogP contribution in [-0.4, -0.2) is 22.0 Å². The first kappa shape index (κ1) is 13.2. The van der Waals surface area contributed by atoms with Crippen molar-refractivity contribution >= 4 is 28.3 Å². The molecule has 0 aliphatic carbocycles. The number of halogens is 1. The summed E-state index contributed by atoms with van der Waals surface area (Å²) in [6.07, 6.45) is -0.216. The average Bonchev–Trinajstić information content (AvgIpc) is 2.76. The van der Waals surface area contributed by atoms with Crippen molar-refractivity contribution in [3.8, 4) is 0 Å². The Kier molecular flexibility index (Phi) is 3.86. The van der Waals surface area contributed by atoms with Crippen LogP contribution in [0.15, 0.2) is 29.6 Å². The maximum atomic E-state index is 13.4. The molecule has 1 aromatic heterocycles. The van der Waals surface area contributed by atoms with Gasteiger partial charge in [0.05, 0.1) is 17.7 Å². The molecule has 7 heteroatoms. The molecule has 0 spiro atoms. The van der Waals surface area contributed by atoms with Crippen molar-refractivity contribution < 1.29 is 19.1 Å². The third kappa shape index (κ3) is 3.35. The Morgan fingerprint density at radius 3 is 2.79 bits per heavy atom. The highest BCUT2D eigenvalue weighted by atomic mass is 32.1. The van der Waals surface area contributed by atoms with Gasteiger partial charge < -0.3 is 5.11 Å². The molecule has 98 valence electrons. The lowest BCUT2D eigenvalue weighted by molar-refractivity contribution is -0.136. The number of anilines is 1. The summed E-state index contributed by atoms with van der Waals surface area (Å²) in [5.41, 5.74) is 0.263. The maximum Gasteiger partial charge on any atom is 0.309 e. The number of rotatable bonds is 4. The van der Waals surface area contributed by atoms with Gasteiger partial charge in [-0.3, -0.25) is 14.9 Å². The molecular formula is C12H9FN2O3S. The molecule has 19 heavy (non-hydrogen) atoms. The standard InChI is InChI=1S/C12H9FN2O3S/c13-9-4-2-1-3-8(9)11(18)15-12-14-7(6-19-12)5-10(16)17/h1-4,6H,5H2,(H,16,17)(H,14,15,18). The number of hydrogen-bond acceptors (Lipinski definition) is 4. The van der Waals surface area contributed by atoms with Crippen LogP contribution in [0.2, 0.25) is 0 Å². The Morgan fingerprint density at radius 2 is 2.11 bits per heavy atom. The molecule has 1 aromatic carbocycles. The maximum absolute atomic E-state index is 13.4. The van der Waals surface area contributed by atoms with Gasteiger partial charge >= 0.3 is 5.97 Å². The van der Waals surface area contributed by atoms with Gasteiger partial charge in [-0.05, 0) is 12.1 Å². The molecule has 5 nitrogen and oxygen atoms in total. The van der Waals surface area contributed by atoms with E-state index in [1.54, 1.807) is 6.07 Å². The van der Waals surface area contributed by atoms with E-state index >= 15 is 0 Å².